The first-order chi connectivity index (χ1) is 8.18. The number of carboxylic acid groups (broad SMARTS) is 1. The van der Waals surface area contributed by atoms with Crippen LogP contribution in [0.2, 0.25) is 0 Å². The first kappa shape index (κ1) is 11.5. The van der Waals surface area contributed by atoms with Crippen molar-refractivity contribution < 1.29 is 15.0 Å². The molecule has 3 rings (SSSR count). The lowest BCUT2D eigenvalue weighted by molar-refractivity contribution is -0.143. The highest BCUT2D eigenvalue weighted by atomic mass is 16.4. The summed E-state index contributed by atoms with van der Waals surface area (Å²) in [7, 11) is 0. The number of fused-ring (bicyclic) bond motifs is 2. The molecular formula is C13H21NO3. The van der Waals surface area contributed by atoms with Gasteiger partial charge in [0.25, 0.3) is 0 Å². The van der Waals surface area contributed by atoms with E-state index in [1.165, 1.54) is 6.42 Å². The van der Waals surface area contributed by atoms with Crippen molar-refractivity contribution in [3.05, 3.63) is 0 Å². The van der Waals surface area contributed by atoms with Gasteiger partial charge in [0.1, 0.15) is 0 Å². The Bertz CT molecular complexity index is 320. The Labute approximate surface area is 102 Å². The number of carboxylic acids is 1. The monoisotopic (exact) mass is 239 g/mol. The van der Waals surface area contributed by atoms with Crippen LogP contribution in [0.5, 0.6) is 0 Å². The topological polar surface area (TPSA) is 60.8 Å². The van der Waals surface area contributed by atoms with Gasteiger partial charge in [-0.15, -0.1) is 0 Å². The molecule has 2 heterocycles. The second-order valence-electron chi connectivity index (χ2n) is 5.85. The molecular weight excluding hydrogens is 218 g/mol. The van der Waals surface area contributed by atoms with E-state index in [4.69, 9.17) is 0 Å². The van der Waals surface area contributed by atoms with Crippen LogP contribution in [-0.4, -0.2) is 45.3 Å². The Hall–Kier alpha value is -0.610. The van der Waals surface area contributed by atoms with Crippen molar-refractivity contribution in [1.82, 2.24) is 4.90 Å². The van der Waals surface area contributed by atoms with Crippen molar-refractivity contribution in [2.45, 2.75) is 69.2 Å². The fraction of sp³-hybridized carbons (Fsp3) is 0.923. The Morgan fingerprint density at radius 1 is 1.06 bits per heavy atom. The van der Waals surface area contributed by atoms with Crippen molar-refractivity contribution in [3.63, 3.8) is 0 Å². The Morgan fingerprint density at radius 2 is 1.82 bits per heavy atom. The van der Waals surface area contributed by atoms with Gasteiger partial charge in [0, 0.05) is 18.1 Å². The first-order valence-electron chi connectivity index (χ1n) is 6.87. The first-order valence-corrected chi connectivity index (χ1v) is 6.87. The third-order valence-corrected chi connectivity index (χ3v) is 4.98. The number of aliphatic carboxylic acids is 1. The number of aliphatic hydroxyl groups is 1. The van der Waals surface area contributed by atoms with Crippen molar-refractivity contribution >= 4 is 5.97 Å². The maximum absolute atomic E-state index is 11.2. The summed E-state index contributed by atoms with van der Waals surface area (Å²) in [6, 6.07) is 0.833. The van der Waals surface area contributed by atoms with E-state index in [0.717, 1.165) is 38.5 Å². The molecule has 1 saturated carbocycles. The minimum atomic E-state index is -0.646. The summed E-state index contributed by atoms with van der Waals surface area (Å²) in [5.41, 5.74) is 0. The highest BCUT2D eigenvalue weighted by molar-refractivity contribution is 5.71. The van der Waals surface area contributed by atoms with Crippen LogP contribution in [0, 0.1) is 5.92 Å². The van der Waals surface area contributed by atoms with Gasteiger partial charge in [-0.3, -0.25) is 9.69 Å². The van der Waals surface area contributed by atoms with Crippen LogP contribution in [0.3, 0.4) is 0 Å². The highest BCUT2D eigenvalue weighted by Crippen LogP contribution is 2.45. The molecule has 2 aliphatic heterocycles. The van der Waals surface area contributed by atoms with E-state index in [0.29, 0.717) is 6.04 Å². The molecule has 17 heavy (non-hydrogen) atoms. The van der Waals surface area contributed by atoms with Gasteiger partial charge in [-0.2, -0.15) is 0 Å². The Balaban J connectivity index is 1.77. The third kappa shape index (κ3) is 1.78. The van der Waals surface area contributed by atoms with Gasteiger partial charge in [-0.05, 0) is 32.1 Å². The predicted molar refractivity (Wildman–Crippen MR) is 62.7 cm³/mol. The number of aliphatic hydroxyl groups excluding tert-OH is 1. The molecule has 0 aromatic rings. The third-order valence-electron chi connectivity index (χ3n) is 4.98. The highest BCUT2D eigenvalue weighted by Gasteiger charge is 2.52. The Kier molecular flexibility index (Phi) is 2.87. The van der Waals surface area contributed by atoms with Gasteiger partial charge in [-0.25, -0.2) is 0 Å². The van der Waals surface area contributed by atoms with Crippen LogP contribution >= 0.6 is 0 Å². The number of nitrogens with zero attached hydrogens (tertiary/aromatic N) is 1. The zero-order valence-corrected chi connectivity index (χ0v) is 10.1. The van der Waals surface area contributed by atoms with Gasteiger partial charge in [0.15, 0.2) is 0 Å². The van der Waals surface area contributed by atoms with E-state index in [9.17, 15) is 15.0 Å². The fourth-order valence-corrected chi connectivity index (χ4v) is 4.25. The number of rotatable bonds is 2. The smallest absolute Gasteiger partial charge is 0.308 e. The Morgan fingerprint density at radius 3 is 2.47 bits per heavy atom. The lowest BCUT2D eigenvalue weighted by atomic mass is 9.89. The molecule has 2 N–H and O–H groups in total. The minimum Gasteiger partial charge on any atom is -0.481 e. The van der Waals surface area contributed by atoms with Gasteiger partial charge in [0.05, 0.1) is 12.0 Å². The van der Waals surface area contributed by atoms with Crippen LogP contribution in [0.4, 0.5) is 0 Å². The van der Waals surface area contributed by atoms with E-state index in [1.807, 2.05) is 0 Å². The summed E-state index contributed by atoms with van der Waals surface area (Å²) < 4.78 is 0. The van der Waals surface area contributed by atoms with Crippen LogP contribution in [0.25, 0.3) is 0 Å². The summed E-state index contributed by atoms with van der Waals surface area (Å²) in [6.45, 7) is 0. The maximum Gasteiger partial charge on any atom is 0.308 e. The molecule has 5 atom stereocenters. The molecule has 0 aromatic carbocycles. The molecule has 4 heteroatoms. The summed E-state index contributed by atoms with van der Waals surface area (Å²) in [5.74, 6) is -0.838. The molecule has 2 bridgehead atoms. The molecule has 4 nitrogen and oxygen atoms in total. The molecule has 96 valence electrons. The van der Waals surface area contributed by atoms with E-state index in [2.05, 4.69) is 4.90 Å². The molecule has 0 radical (unpaired) electrons. The second-order valence-corrected chi connectivity index (χ2v) is 5.85. The van der Waals surface area contributed by atoms with Gasteiger partial charge < -0.3 is 10.2 Å². The van der Waals surface area contributed by atoms with Crippen LogP contribution in [0.1, 0.15) is 44.9 Å². The van der Waals surface area contributed by atoms with Gasteiger partial charge in [-0.1, -0.05) is 12.8 Å². The molecule has 0 spiro atoms. The SMILES string of the molecule is O=C(O)C1CC2CCC1N2C1CCCCC1O. The van der Waals surface area contributed by atoms with E-state index in [-0.39, 0.29) is 24.1 Å². The normalized spacial score (nSPS) is 46.3. The summed E-state index contributed by atoms with van der Waals surface area (Å²) in [6.07, 6.45) is 6.91. The lowest BCUT2D eigenvalue weighted by Crippen LogP contribution is -2.48. The quantitative estimate of drug-likeness (QED) is 0.761. The average molecular weight is 239 g/mol. The standard InChI is InChI=1S/C13H21NO3/c15-12-4-2-1-3-11(12)14-8-5-6-10(14)9(7-8)13(16)17/h8-12,15H,1-7H2,(H,16,17). The van der Waals surface area contributed by atoms with Crippen molar-refractivity contribution in [2.75, 3.05) is 0 Å². The summed E-state index contributed by atoms with van der Waals surface area (Å²) in [5, 5.41) is 19.4. The van der Waals surface area contributed by atoms with E-state index in [1.54, 1.807) is 0 Å². The van der Waals surface area contributed by atoms with E-state index >= 15 is 0 Å². The van der Waals surface area contributed by atoms with Crippen molar-refractivity contribution in [2.24, 2.45) is 5.92 Å². The minimum absolute atomic E-state index is 0.190. The maximum atomic E-state index is 11.2. The van der Waals surface area contributed by atoms with Gasteiger partial charge >= 0.3 is 5.97 Å². The average Bonchev–Trinajstić information content (AvgIpc) is 2.87. The predicted octanol–water partition coefficient (Wildman–Crippen LogP) is 1.23. The molecule has 1 aliphatic carbocycles. The second kappa shape index (κ2) is 4.25. The summed E-state index contributed by atoms with van der Waals surface area (Å²) in [4.78, 5) is 13.6. The van der Waals surface area contributed by atoms with Crippen LogP contribution < -0.4 is 0 Å². The molecule has 0 aromatic heterocycles. The van der Waals surface area contributed by atoms with Gasteiger partial charge in [0.2, 0.25) is 0 Å². The number of hydrogen-bond acceptors (Lipinski definition) is 3. The number of carbonyl (C=O) groups is 1. The zero-order valence-electron chi connectivity index (χ0n) is 10.1. The molecule has 0 amide bonds. The van der Waals surface area contributed by atoms with Crippen LogP contribution in [0.15, 0.2) is 0 Å². The van der Waals surface area contributed by atoms with Crippen molar-refractivity contribution in [1.29, 1.82) is 0 Å². The fourth-order valence-electron chi connectivity index (χ4n) is 4.25. The van der Waals surface area contributed by atoms with E-state index < -0.39 is 5.97 Å². The van der Waals surface area contributed by atoms with Crippen molar-refractivity contribution in [3.8, 4) is 0 Å². The molecule has 3 fully saturated rings. The lowest BCUT2D eigenvalue weighted by Gasteiger charge is -2.38. The summed E-state index contributed by atoms with van der Waals surface area (Å²) >= 11 is 0. The largest absolute Gasteiger partial charge is 0.481 e. The number of hydrogen-bond donors (Lipinski definition) is 2. The molecule has 3 aliphatic rings. The zero-order chi connectivity index (χ0) is 12.0. The molecule has 5 unspecified atom stereocenters. The molecule has 2 saturated heterocycles. The van der Waals surface area contributed by atoms with Crippen LogP contribution in [-0.2, 0) is 4.79 Å².